The first-order chi connectivity index (χ1) is 8.63. The molecule has 0 unspecified atom stereocenters. The van der Waals surface area contributed by atoms with E-state index in [2.05, 4.69) is 0 Å². The summed E-state index contributed by atoms with van der Waals surface area (Å²) < 4.78 is 0. The van der Waals surface area contributed by atoms with E-state index in [1.54, 1.807) is 4.90 Å². The van der Waals surface area contributed by atoms with E-state index in [-0.39, 0.29) is 5.91 Å². The van der Waals surface area contributed by atoms with Gasteiger partial charge in [-0.25, -0.2) is 0 Å². The Balaban J connectivity index is 2.33. The van der Waals surface area contributed by atoms with E-state index in [0.29, 0.717) is 17.3 Å². The summed E-state index contributed by atoms with van der Waals surface area (Å²) in [5, 5.41) is 0.695. The van der Waals surface area contributed by atoms with E-state index in [4.69, 9.17) is 23.2 Å². The number of nitrogens with zero attached hydrogens (tertiary/aromatic N) is 1. The minimum absolute atomic E-state index is 0.142. The number of hydrogen-bond acceptors (Lipinski definition) is 1. The van der Waals surface area contributed by atoms with Crippen LogP contribution < -0.4 is 0 Å². The maximum absolute atomic E-state index is 11.9. The molecule has 0 atom stereocenters. The molecule has 0 spiro atoms. The fourth-order valence-corrected chi connectivity index (χ4v) is 1.97. The lowest BCUT2D eigenvalue weighted by atomic mass is 10.1. The number of carbonyl (C=O) groups excluding carboxylic acids is 1. The Labute approximate surface area is 119 Å². The van der Waals surface area contributed by atoms with Crippen LogP contribution in [0.4, 0.5) is 0 Å². The van der Waals surface area contributed by atoms with Crippen molar-refractivity contribution in [1.82, 2.24) is 4.90 Å². The third-order valence-electron chi connectivity index (χ3n) is 2.82. The molecule has 0 N–H and O–H groups in total. The maximum atomic E-state index is 11.9. The highest BCUT2D eigenvalue weighted by Gasteiger charge is 2.09. The SMILES string of the molecule is CN(CCCCCCl)C(=O)Cc1ccc(Cl)cc1. The zero-order valence-electron chi connectivity index (χ0n) is 10.7. The van der Waals surface area contributed by atoms with E-state index < -0.39 is 0 Å². The van der Waals surface area contributed by atoms with Gasteiger partial charge < -0.3 is 4.90 Å². The van der Waals surface area contributed by atoms with Crippen LogP contribution in [0, 0.1) is 0 Å². The van der Waals surface area contributed by atoms with E-state index in [1.807, 2.05) is 31.3 Å². The highest BCUT2D eigenvalue weighted by Crippen LogP contribution is 2.10. The zero-order chi connectivity index (χ0) is 13.4. The molecule has 1 amide bonds. The van der Waals surface area contributed by atoms with E-state index in [1.165, 1.54) is 0 Å². The molecule has 0 heterocycles. The van der Waals surface area contributed by atoms with Crippen LogP contribution in [0.2, 0.25) is 5.02 Å². The summed E-state index contributed by atoms with van der Waals surface area (Å²) in [4.78, 5) is 13.7. The lowest BCUT2D eigenvalue weighted by molar-refractivity contribution is -0.129. The molecular weight excluding hydrogens is 269 g/mol. The second-order valence-electron chi connectivity index (χ2n) is 4.37. The molecular formula is C14H19Cl2NO. The second kappa shape index (κ2) is 8.39. The first kappa shape index (κ1) is 15.3. The number of likely N-dealkylation sites (N-methyl/N-ethyl adjacent to an activating group) is 1. The van der Waals surface area contributed by atoms with E-state index in [0.717, 1.165) is 31.4 Å². The van der Waals surface area contributed by atoms with Gasteiger partial charge in [-0.15, -0.1) is 11.6 Å². The van der Waals surface area contributed by atoms with Gasteiger partial charge in [0, 0.05) is 24.5 Å². The fourth-order valence-electron chi connectivity index (χ4n) is 1.66. The molecule has 0 aliphatic heterocycles. The summed E-state index contributed by atoms with van der Waals surface area (Å²) in [6, 6.07) is 7.40. The minimum atomic E-state index is 0.142. The van der Waals surface area contributed by atoms with Gasteiger partial charge >= 0.3 is 0 Å². The number of amides is 1. The monoisotopic (exact) mass is 287 g/mol. The average Bonchev–Trinajstić information content (AvgIpc) is 2.37. The molecule has 18 heavy (non-hydrogen) atoms. The van der Waals surface area contributed by atoms with Crippen LogP contribution >= 0.6 is 23.2 Å². The van der Waals surface area contributed by atoms with E-state index >= 15 is 0 Å². The smallest absolute Gasteiger partial charge is 0.226 e. The van der Waals surface area contributed by atoms with Crippen LogP contribution in [0.1, 0.15) is 24.8 Å². The Morgan fingerprint density at radius 2 is 1.83 bits per heavy atom. The van der Waals surface area contributed by atoms with Crippen LogP contribution in [-0.4, -0.2) is 30.3 Å². The van der Waals surface area contributed by atoms with Gasteiger partial charge in [0.15, 0.2) is 0 Å². The van der Waals surface area contributed by atoms with Crippen molar-refractivity contribution in [3.63, 3.8) is 0 Å². The van der Waals surface area contributed by atoms with Gasteiger partial charge in [-0.05, 0) is 30.5 Å². The van der Waals surface area contributed by atoms with Crippen molar-refractivity contribution in [1.29, 1.82) is 0 Å². The Morgan fingerprint density at radius 1 is 1.17 bits per heavy atom. The summed E-state index contributed by atoms with van der Waals surface area (Å²) in [6.07, 6.45) is 3.53. The van der Waals surface area contributed by atoms with Gasteiger partial charge in [0.1, 0.15) is 0 Å². The van der Waals surface area contributed by atoms with Gasteiger partial charge in [-0.1, -0.05) is 30.2 Å². The first-order valence-corrected chi connectivity index (χ1v) is 7.09. The molecule has 2 nitrogen and oxygen atoms in total. The number of rotatable bonds is 7. The Bertz CT molecular complexity index is 365. The largest absolute Gasteiger partial charge is 0.345 e. The molecule has 100 valence electrons. The molecule has 0 radical (unpaired) electrons. The molecule has 4 heteroatoms. The molecule has 1 rings (SSSR count). The van der Waals surface area contributed by atoms with Crippen LogP contribution in [-0.2, 0) is 11.2 Å². The van der Waals surface area contributed by atoms with Gasteiger partial charge in [0.2, 0.25) is 5.91 Å². The van der Waals surface area contributed by atoms with Gasteiger partial charge in [0.25, 0.3) is 0 Å². The molecule has 0 aromatic heterocycles. The topological polar surface area (TPSA) is 20.3 Å². The predicted molar refractivity (Wildman–Crippen MR) is 77.4 cm³/mol. The summed E-state index contributed by atoms with van der Waals surface area (Å²) in [6.45, 7) is 0.795. The van der Waals surface area contributed by atoms with Crippen LogP contribution in [0.5, 0.6) is 0 Å². The lowest BCUT2D eigenvalue weighted by Gasteiger charge is -2.17. The highest BCUT2D eigenvalue weighted by atomic mass is 35.5. The summed E-state index contributed by atoms with van der Waals surface area (Å²) in [7, 11) is 1.85. The van der Waals surface area contributed by atoms with Crippen molar-refractivity contribution in [2.45, 2.75) is 25.7 Å². The van der Waals surface area contributed by atoms with Crippen LogP contribution in [0.3, 0.4) is 0 Å². The Morgan fingerprint density at radius 3 is 2.44 bits per heavy atom. The second-order valence-corrected chi connectivity index (χ2v) is 5.18. The van der Waals surface area contributed by atoms with Gasteiger partial charge in [0.05, 0.1) is 6.42 Å². The third-order valence-corrected chi connectivity index (χ3v) is 3.34. The van der Waals surface area contributed by atoms with Crippen molar-refractivity contribution < 1.29 is 4.79 Å². The third kappa shape index (κ3) is 5.74. The number of unbranched alkanes of at least 4 members (excludes halogenated alkanes) is 2. The molecule has 0 fully saturated rings. The van der Waals surface area contributed by atoms with Crippen molar-refractivity contribution in [3.05, 3.63) is 34.9 Å². The fraction of sp³-hybridized carbons (Fsp3) is 0.500. The molecule has 0 bridgehead atoms. The Kier molecular flexibility index (Phi) is 7.14. The highest BCUT2D eigenvalue weighted by molar-refractivity contribution is 6.30. The quantitative estimate of drug-likeness (QED) is 0.552. The summed E-state index contributed by atoms with van der Waals surface area (Å²) in [5.74, 6) is 0.839. The average molecular weight is 288 g/mol. The van der Waals surface area contributed by atoms with Crippen LogP contribution in [0.15, 0.2) is 24.3 Å². The minimum Gasteiger partial charge on any atom is -0.345 e. The van der Waals surface area contributed by atoms with Crippen LogP contribution in [0.25, 0.3) is 0 Å². The predicted octanol–water partition coefficient (Wildman–Crippen LogP) is 3.75. The molecule has 0 aliphatic carbocycles. The normalized spacial score (nSPS) is 10.4. The van der Waals surface area contributed by atoms with Crippen molar-refractivity contribution in [2.24, 2.45) is 0 Å². The number of carbonyl (C=O) groups is 1. The van der Waals surface area contributed by atoms with E-state index in [9.17, 15) is 4.79 Å². The summed E-state index contributed by atoms with van der Waals surface area (Å²) >= 11 is 11.4. The Hall–Kier alpha value is -0.730. The van der Waals surface area contributed by atoms with Gasteiger partial charge in [-0.3, -0.25) is 4.79 Å². The maximum Gasteiger partial charge on any atom is 0.226 e. The molecule has 0 saturated heterocycles. The van der Waals surface area contributed by atoms with Crippen molar-refractivity contribution >= 4 is 29.1 Å². The summed E-state index contributed by atoms with van der Waals surface area (Å²) in [5.41, 5.74) is 0.997. The number of alkyl halides is 1. The molecule has 0 aliphatic rings. The van der Waals surface area contributed by atoms with Crippen molar-refractivity contribution in [3.8, 4) is 0 Å². The molecule has 1 aromatic carbocycles. The number of benzene rings is 1. The number of hydrogen-bond donors (Lipinski definition) is 0. The molecule has 0 saturated carbocycles. The zero-order valence-corrected chi connectivity index (χ0v) is 12.2. The lowest BCUT2D eigenvalue weighted by Crippen LogP contribution is -2.29. The standard InChI is InChI=1S/C14H19Cl2NO/c1-17(10-4-2-3-9-15)14(18)11-12-5-7-13(16)8-6-12/h5-8H,2-4,9-11H2,1H3. The van der Waals surface area contributed by atoms with Gasteiger partial charge in [-0.2, -0.15) is 0 Å². The first-order valence-electron chi connectivity index (χ1n) is 6.18. The van der Waals surface area contributed by atoms with Crippen molar-refractivity contribution in [2.75, 3.05) is 19.5 Å². The molecule has 1 aromatic rings. The number of halogens is 2.